The SMILES string of the molecule is Cc1ccc(NC(=O)COC(=O)c2c(F)cccc2Cl)c(C)c1. The summed E-state index contributed by atoms with van der Waals surface area (Å²) in [6.45, 7) is 3.27. The molecule has 2 aromatic carbocycles. The molecule has 0 saturated heterocycles. The molecule has 0 bridgehead atoms. The van der Waals surface area contributed by atoms with Crippen molar-refractivity contribution in [2.75, 3.05) is 11.9 Å². The van der Waals surface area contributed by atoms with Gasteiger partial charge in [-0.25, -0.2) is 9.18 Å². The van der Waals surface area contributed by atoms with Crippen LogP contribution in [-0.2, 0) is 9.53 Å². The number of amides is 1. The van der Waals surface area contributed by atoms with Crippen molar-refractivity contribution in [3.63, 3.8) is 0 Å². The fourth-order valence-electron chi connectivity index (χ4n) is 2.04. The molecule has 1 amide bonds. The van der Waals surface area contributed by atoms with E-state index in [1.165, 1.54) is 12.1 Å². The second kappa shape index (κ2) is 7.24. The number of nitrogens with one attached hydrogen (secondary N) is 1. The van der Waals surface area contributed by atoms with Crippen molar-refractivity contribution < 1.29 is 18.7 Å². The molecule has 4 nitrogen and oxygen atoms in total. The largest absolute Gasteiger partial charge is 0.452 e. The summed E-state index contributed by atoms with van der Waals surface area (Å²) in [7, 11) is 0. The number of anilines is 1. The Morgan fingerprint density at radius 3 is 2.61 bits per heavy atom. The highest BCUT2D eigenvalue weighted by atomic mass is 35.5. The third kappa shape index (κ3) is 4.29. The number of hydrogen-bond donors (Lipinski definition) is 1. The summed E-state index contributed by atoms with van der Waals surface area (Å²) in [6.07, 6.45) is 0. The Labute approximate surface area is 138 Å². The number of rotatable bonds is 4. The maximum atomic E-state index is 13.6. The second-order valence-electron chi connectivity index (χ2n) is 5.04. The van der Waals surface area contributed by atoms with Crippen LogP contribution < -0.4 is 5.32 Å². The Bertz CT molecular complexity index is 741. The minimum Gasteiger partial charge on any atom is -0.452 e. The first-order valence-electron chi connectivity index (χ1n) is 6.86. The Kier molecular flexibility index (Phi) is 5.34. The monoisotopic (exact) mass is 335 g/mol. The normalized spacial score (nSPS) is 10.3. The van der Waals surface area contributed by atoms with Crippen molar-refractivity contribution in [1.82, 2.24) is 0 Å². The molecule has 0 aliphatic rings. The molecule has 120 valence electrons. The van der Waals surface area contributed by atoms with Crippen LogP contribution in [0.4, 0.5) is 10.1 Å². The molecule has 0 atom stereocenters. The van der Waals surface area contributed by atoms with E-state index in [1.807, 2.05) is 26.0 Å². The number of ether oxygens (including phenoxy) is 1. The molecule has 2 aromatic rings. The molecular weight excluding hydrogens is 321 g/mol. The van der Waals surface area contributed by atoms with Gasteiger partial charge < -0.3 is 10.1 Å². The Morgan fingerprint density at radius 2 is 1.96 bits per heavy atom. The molecule has 1 N–H and O–H groups in total. The minimum atomic E-state index is -0.983. The van der Waals surface area contributed by atoms with Crippen LogP contribution in [-0.4, -0.2) is 18.5 Å². The summed E-state index contributed by atoms with van der Waals surface area (Å²) in [5.41, 5.74) is 2.21. The summed E-state index contributed by atoms with van der Waals surface area (Å²) in [5, 5.41) is 2.57. The van der Waals surface area contributed by atoms with E-state index in [4.69, 9.17) is 16.3 Å². The zero-order chi connectivity index (χ0) is 17.0. The third-order valence-electron chi connectivity index (χ3n) is 3.16. The molecule has 0 spiro atoms. The van der Waals surface area contributed by atoms with E-state index in [2.05, 4.69) is 5.32 Å². The third-order valence-corrected chi connectivity index (χ3v) is 3.47. The van der Waals surface area contributed by atoms with Gasteiger partial charge in [-0.05, 0) is 37.6 Å². The molecule has 0 heterocycles. The van der Waals surface area contributed by atoms with Crippen LogP contribution in [0.25, 0.3) is 0 Å². The summed E-state index contributed by atoms with van der Waals surface area (Å²) in [6, 6.07) is 9.38. The van der Waals surface area contributed by atoms with Gasteiger partial charge in [-0.3, -0.25) is 4.79 Å². The molecule has 6 heteroatoms. The Balaban J connectivity index is 1.98. The molecule has 0 aliphatic heterocycles. The number of benzene rings is 2. The first-order chi connectivity index (χ1) is 10.9. The lowest BCUT2D eigenvalue weighted by Crippen LogP contribution is -2.22. The predicted molar refractivity (Wildman–Crippen MR) is 86.2 cm³/mol. The molecule has 0 fully saturated rings. The number of carbonyl (C=O) groups excluding carboxylic acids is 2. The average molecular weight is 336 g/mol. The number of esters is 1. The van der Waals surface area contributed by atoms with Crippen LogP contribution in [0.5, 0.6) is 0 Å². The van der Waals surface area contributed by atoms with Gasteiger partial charge in [0, 0.05) is 5.69 Å². The summed E-state index contributed by atoms with van der Waals surface area (Å²) in [4.78, 5) is 23.7. The van der Waals surface area contributed by atoms with Crippen LogP contribution in [0.2, 0.25) is 5.02 Å². The van der Waals surface area contributed by atoms with Crippen molar-refractivity contribution in [1.29, 1.82) is 0 Å². The van der Waals surface area contributed by atoms with E-state index in [0.717, 1.165) is 17.2 Å². The van der Waals surface area contributed by atoms with E-state index in [0.29, 0.717) is 5.69 Å². The first-order valence-corrected chi connectivity index (χ1v) is 7.24. The molecular formula is C17H15ClFNO3. The summed E-state index contributed by atoms with van der Waals surface area (Å²) in [5.74, 6) is -2.29. The van der Waals surface area contributed by atoms with E-state index < -0.39 is 24.3 Å². The highest BCUT2D eigenvalue weighted by molar-refractivity contribution is 6.33. The van der Waals surface area contributed by atoms with Gasteiger partial charge in [-0.2, -0.15) is 0 Å². The van der Waals surface area contributed by atoms with Gasteiger partial charge in [0.1, 0.15) is 11.4 Å². The molecule has 0 aliphatic carbocycles. The number of carbonyl (C=O) groups is 2. The molecule has 0 aromatic heterocycles. The molecule has 2 rings (SSSR count). The van der Waals surface area contributed by atoms with Gasteiger partial charge in [0.2, 0.25) is 0 Å². The standard InChI is InChI=1S/C17H15ClFNO3/c1-10-6-7-14(11(2)8-10)20-15(21)9-23-17(22)16-12(18)4-3-5-13(16)19/h3-8H,9H2,1-2H3,(H,20,21). The maximum absolute atomic E-state index is 13.6. The quantitative estimate of drug-likeness (QED) is 0.862. The fraction of sp³-hybridized carbons (Fsp3) is 0.176. The van der Waals surface area contributed by atoms with Crippen molar-refractivity contribution in [3.8, 4) is 0 Å². The van der Waals surface area contributed by atoms with Crippen molar-refractivity contribution in [3.05, 3.63) is 63.9 Å². The first kappa shape index (κ1) is 17.0. The van der Waals surface area contributed by atoms with Crippen LogP contribution >= 0.6 is 11.6 Å². The fourth-order valence-corrected chi connectivity index (χ4v) is 2.28. The van der Waals surface area contributed by atoms with Crippen LogP contribution in [0.15, 0.2) is 36.4 Å². The average Bonchev–Trinajstić information content (AvgIpc) is 2.48. The predicted octanol–water partition coefficient (Wildman–Crippen LogP) is 3.89. The van der Waals surface area contributed by atoms with Gasteiger partial charge in [-0.15, -0.1) is 0 Å². The van der Waals surface area contributed by atoms with Gasteiger partial charge >= 0.3 is 5.97 Å². The van der Waals surface area contributed by atoms with Gasteiger partial charge in [-0.1, -0.05) is 35.4 Å². The van der Waals surface area contributed by atoms with Crippen molar-refractivity contribution in [2.45, 2.75) is 13.8 Å². The van der Waals surface area contributed by atoms with E-state index >= 15 is 0 Å². The van der Waals surface area contributed by atoms with Crippen molar-refractivity contribution >= 4 is 29.2 Å². The smallest absolute Gasteiger partial charge is 0.343 e. The van der Waals surface area contributed by atoms with Gasteiger partial charge in [0.15, 0.2) is 6.61 Å². The van der Waals surface area contributed by atoms with Gasteiger partial charge in [0.05, 0.1) is 5.02 Å². The van der Waals surface area contributed by atoms with Crippen LogP contribution in [0.3, 0.4) is 0 Å². The summed E-state index contributed by atoms with van der Waals surface area (Å²) < 4.78 is 18.4. The minimum absolute atomic E-state index is 0.0650. The molecule has 0 saturated carbocycles. The number of hydrogen-bond acceptors (Lipinski definition) is 3. The van der Waals surface area contributed by atoms with E-state index in [-0.39, 0.29) is 10.6 Å². The van der Waals surface area contributed by atoms with Gasteiger partial charge in [0.25, 0.3) is 5.91 Å². The highest BCUT2D eigenvalue weighted by Crippen LogP contribution is 2.20. The molecule has 23 heavy (non-hydrogen) atoms. The van der Waals surface area contributed by atoms with Crippen LogP contribution in [0.1, 0.15) is 21.5 Å². The van der Waals surface area contributed by atoms with E-state index in [1.54, 1.807) is 6.07 Å². The lowest BCUT2D eigenvalue weighted by atomic mass is 10.1. The zero-order valence-corrected chi connectivity index (χ0v) is 13.4. The molecule has 0 radical (unpaired) electrons. The highest BCUT2D eigenvalue weighted by Gasteiger charge is 2.18. The topological polar surface area (TPSA) is 55.4 Å². The Morgan fingerprint density at radius 1 is 1.22 bits per heavy atom. The maximum Gasteiger partial charge on any atom is 0.343 e. The lowest BCUT2D eigenvalue weighted by molar-refractivity contribution is -0.119. The lowest BCUT2D eigenvalue weighted by Gasteiger charge is -2.10. The Hall–Kier alpha value is -2.40. The van der Waals surface area contributed by atoms with Crippen LogP contribution in [0, 0.1) is 19.7 Å². The molecule has 0 unspecified atom stereocenters. The number of aryl methyl sites for hydroxylation is 2. The summed E-state index contributed by atoms with van der Waals surface area (Å²) >= 11 is 5.76. The van der Waals surface area contributed by atoms with E-state index in [9.17, 15) is 14.0 Å². The second-order valence-corrected chi connectivity index (χ2v) is 5.45. The van der Waals surface area contributed by atoms with Crippen molar-refractivity contribution in [2.24, 2.45) is 0 Å². The number of halogens is 2. The zero-order valence-electron chi connectivity index (χ0n) is 12.7.